The fourth-order valence-electron chi connectivity index (χ4n) is 3.37. The SMILES string of the molecule is CN(C)C1CCC(CNS(=O)(=O)c2ccc3c(c2)OCCO3)CC1. The summed E-state index contributed by atoms with van der Waals surface area (Å²) in [4.78, 5) is 2.49. The van der Waals surface area contributed by atoms with Gasteiger partial charge in [-0.2, -0.15) is 0 Å². The van der Waals surface area contributed by atoms with Crippen LogP contribution in [0.25, 0.3) is 0 Å². The summed E-state index contributed by atoms with van der Waals surface area (Å²) in [5, 5.41) is 0. The highest BCUT2D eigenvalue weighted by Gasteiger charge is 2.25. The first-order valence-corrected chi connectivity index (χ1v) is 10.00. The molecule has 1 N–H and O–H groups in total. The van der Waals surface area contributed by atoms with Gasteiger partial charge in [-0.15, -0.1) is 0 Å². The van der Waals surface area contributed by atoms with Crippen LogP contribution in [0, 0.1) is 5.92 Å². The van der Waals surface area contributed by atoms with Gasteiger partial charge in [0.2, 0.25) is 10.0 Å². The van der Waals surface area contributed by atoms with E-state index in [9.17, 15) is 8.42 Å². The lowest BCUT2D eigenvalue weighted by atomic mass is 9.86. The van der Waals surface area contributed by atoms with Gasteiger partial charge in [-0.3, -0.25) is 0 Å². The van der Waals surface area contributed by atoms with Crippen LogP contribution in [0.5, 0.6) is 11.5 Å². The summed E-state index contributed by atoms with van der Waals surface area (Å²) in [6.07, 6.45) is 4.38. The molecular weight excluding hydrogens is 328 g/mol. The second-order valence-corrected chi connectivity index (χ2v) is 8.56. The Balaban J connectivity index is 1.59. The first kappa shape index (κ1) is 17.5. The summed E-state index contributed by atoms with van der Waals surface area (Å²) in [7, 11) is 0.694. The molecule has 3 rings (SSSR count). The summed E-state index contributed by atoms with van der Waals surface area (Å²) < 4.78 is 38.7. The molecule has 0 aromatic heterocycles. The van der Waals surface area contributed by atoms with Gasteiger partial charge in [0.25, 0.3) is 0 Å². The van der Waals surface area contributed by atoms with Crippen LogP contribution in [0.1, 0.15) is 25.7 Å². The van der Waals surface area contributed by atoms with Gasteiger partial charge in [0, 0.05) is 18.7 Å². The lowest BCUT2D eigenvalue weighted by Crippen LogP contribution is -2.36. The standard InChI is InChI=1S/C17H26N2O4S/c1-19(2)14-5-3-13(4-6-14)12-18-24(20,21)15-7-8-16-17(11-15)23-10-9-22-16/h7-8,11,13-14,18H,3-6,9-10,12H2,1-2H3. The van der Waals surface area contributed by atoms with Crippen LogP contribution in [-0.2, 0) is 10.0 Å². The first-order chi connectivity index (χ1) is 11.5. The van der Waals surface area contributed by atoms with E-state index in [4.69, 9.17) is 9.47 Å². The van der Waals surface area contributed by atoms with E-state index in [1.807, 2.05) is 0 Å². The number of fused-ring (bicyclic) bond motifs is 1. The van der Waals surface area contributed by atoms with E-state index in [2.05, 4.69) is 23.7 Å². The minimum atomic E-state index is -3.52. The molecule has 6 nitrogen and oxygen atoms in total. The average molecular weight is 354 g/mol. The number of nitrogens with one attached hydrogen (secondary N) is 1. The molecule has 0 unspecified atom stereocenters. The average Bonchev–Trinajstić information content (AvgIpc) is 2.60. The molecule has 0 spiro atoms. The second-order valence-electron chi connectivity index (χ2n) is 6.80. The highest BCUT2D eigenvalue weighted by molar-refractivity contribution is 7.89. The van der Waals surface area contributed by atoms with E-state index in [-0.39, 0.29) is 4.90 Å². The largest absolute Gasteiger partial charge is 0.486 e. The summed E-state index contributed by atoms with van der Waals surface area (Å²) in [6, 6.07) is 5.39. The van der Waals surface area contributed by atoms with Crippen molar-refractivity contribution >= 4 is 10.0 Å². The van der Waals surface area contributed by atoms with Gasteiger partial charge < -0.3 is 14.4 Å². The van der Waals surface area contributed by atoms with Gasteiger partial charge in [0.1, 0.15) is 13.2 Å². The van der Waals surface area contributed by atoms with Gasteiger partial charge in [0.05, 0.1) is 4.90 Å². The number of hydrogen-bond acceptors (Lipinski definition) is 5. The van der Waals surface area contributed by atoms with Crippen molar-refractivity contribution in [1.29, 1.82) is 0 Å². The van der Waals surface area contributed by atoms with Crippen LogP contribution in [0.3, 0.4) is 0 Å². The summed E-state index contributed by atoms with van der Waals surface area (Å²) >= 11 is 0. The Labute approximate surface area is 144 Å². The fourth-order valence-corrected chi connectivity index (χ4v) is 4.50. The van der Waals surface area contributed by atoms with Crippen LogP contribution in [0.15, 0.2) is 23.1 Å². The molecule has 0 atom stereocenters. The molecule has 0 bridgehead atoms. The van der Waals surface area contributed by atoms with Gasteiger partial charge in [-0.1, -0.05) is 0 Å². The fraction of sp³-hybridized carbons (Fsp3) is 0.647. The summed E-state index contributed by atoms with van der Waals surface area (Å²) in [5.74, 6) is 1.51. The molecule has 1 aliphatic carbocycles. The lowest BCUT2D eigenvalue weighted by molar-refractivity contribution is 0.171. The van der Waals surface area contributed by atoms with Gasteiger partial charge in [0.15, 0.2) is 11.5 Å². The monoisotopic (exact) mass is 354 g/mol. The quantitative estimate of drug-likeness (QED) is 0.874. The Morgan fingerprint density at radius 2 is 1.75 bits per heavy atom. The maximum absolute atomic E-state index is 12.5. The van der Waals surface area contributed by atoms with Crippen molar-refractivity contribution in [3.63, 3.8) is 0 Å². The Morgan fingerprint density at radius 1 is 1.08 bits per heavy atom. The van der Waals surface area contributed by atoms with Crippen LogP contribution >= 0.6 is 0 Å². The van der Waals surface area contributed by atoms with Crippen molar-refractivity contribution < 1.29 is 17.9 Å². The zero-order chi connectivity index (χ0) is 17.2. The molecular formula is C17H26N2O4S. The summed E-state index contributed by atoms with van der Waals surface area (Å²) in [6.45, 7) is 1.43. The van der Waals surface area contributed by atoms with Crippen molar-refractivity contribution in [2.45, 2.75) is 36.6 Å². The van der Waals surface area contributed by atoms with Crippen molar-refractivity contribution in [3.05, 3.63) is 18.2 Å². The van der Waals surface area contributed by atoms with E-state index in [1.54, 1.807) is 18.2 Å². The van der Waals surface area contributed by atoms with E-state index >= 15 is 0 Å². The molecule has 0 amide bonds. The lowest BCUT2D eigenvalue weighted by Gasteiger charge is -2.32. The number of hydrogen-bond donors (Lipinski definition) is 1. The van der Waals surface area contributed by atoms with Crippen molar-refractivity contribution in [1.82, 2.24) is 9.62 Å². The molecule has 24 heavy (non-hydrogen) atoms. The molecule has 0 radical (unpaired) electrons. The van der Waals surface area contributed by atoms with Crippen molar-refractivity contribution in [3.8, 4) is 11.5 Å². The minimum Gasteiger partial charge on any atom is -0.486 e. The number of rotatable bonds is 5. The van der Waals surface area contributed by atoms with Crippen LogP contribution in [0.2, 0.25) is 0 Å². The summed E-state index contributed by atoms with van der Waals surface area (Å²) in [5.41, 5.74) is 0. The molecule has 134 valence electrons. The van der Waals surface area contributed by atoms with E-state index in [0.29, 0.717) is 43.2 Å². The molecule has 1 saturated carbocycles. The normalized spacial score (nSPS) is 24.1. The first-order valence-electron chi connectivity index (χ1n) is 8.51. The van der Waals surface area contributed by atoms with Crippen molar-refractivity contribution in [2.24, 2.45) is 5.92 Å². The van der Waals surface area contributed by atoms with E-state index in [1.165, 1.54) is 0 Å². The highest BCUT2D eigenvalue weighted by Crippen LogP contribution is 2.32. The predicted molar refractivity (Wildman–Crippen MR) is 92.1 cm³/mol. The Morgan fingerprint density at radius 3 is 2.42 bits per heavy atom. The molecule has 7 heteroatoms. The van der Waals surface area contributed by atoms with Crippen LogP contribution in [0.4, 0.5) is 0 Å². The molecule has 0 saturated heterocycles. The highest BCUT2D eigenvalue weighted by atomic mass is 32.2. The van der Waals surface area contributed by atoms with E-state index in [0.717, 1.165) is 25.7 Å². The van der Waals surface area contributed by atoms with E-state index < -0.39 is 10.0 Å². The van der Waals surface area contributed by atoms with Gasteiger partial charge >= 0.3 is 0 Å². The number of nitrogens with zero attached hydrogens (tertiary/aromatic N) is 1. The molecule has 1 heterocycles. The van der Waals surface area contributed by atoms with Crippen molar-refractivity contribution in [2.75, 3.05) is 33.9 Å². The minimum absolute atomic E-state index is 0.230. The van der Waals surface area contributed by atoms with Gasteiger partial charge in [-0.25, -0.2) is 13.1 Å². The van der Waals surface area contributed by atoms with Gasteiger partial charge in [-0.05, 0) is 57.8 Å². The maximum Gasteiger partial charge on any atom is 0.240 e. The predicted octanol–water partition coefficient (Wildman–Crippen LogP) is 1.86. The Hall–Kier alpha value is -1.31. The molecule has 1 aliphatic heterocycles. The zero-order valence-electron chi connectivity index (χ0n) is 14.3. The third kappa shape index (κ3) is 4.02. The van der Waals surface area contributed by atoms with Crippen LogP contribution in [-0.4, -0.2) is 53.2 Å². The van der Waals surface area contributed by atoms with Crippen LogP contribution < -0.4 is 14.2 Å². The zero-order valence-corrected chi connectivity index (χ0v) is 15.1. The Kier molecular flexibility index (Phi) is 5.32. The molecule has 1 fully saturated rings. The maximum atomic E-state index is 12.5. The molecule has 2 aliphatic rings. The smallest absolute Gasteiger partial charge is 0.240 e. The number of ether oxygens (including phenoxy) is 2. The number of sulfonamides is 1. The third-order valence-electron chi connectivity index (χ3n) is 4.93. The topological polar surface area (TPSA) is 67.9 Å². The molecule has 1 aromatic carbocycles. The Bertz CT molecular complexity index is 667. The third-order valence-corrected chi connectivity index (χ3v) is 6.35. The second kappa shape index (κ2) is 7.29. The molecule has 1 aromatic rings. The number of benzene rings is 1.